The molecule has 1 saturated heterocycles. The van der Waals surface area contributed by atoms with Gasteiger partial charge in [-0.25, -0.2) is 0 Å². The molecule has 0 aromatic heterocycles. The molecule has 0 bridgehead atoms. The van der Waals surface area contributed by atoms with Gasteiger partial charge in [-0.05, 0) is 24.5 Å². The van der Waals surface area contributed by atoms with Crippen molar-refractivity contribution in [2.45, 2.75) is 32.5 Å². The SMILES string of the molecule is C#Cc1ccccc1C1=C(CCCO)C12OCC(C)(C)CO2. The Morgan fingerprint density at radius 3 is 2.55 bits per heavy atom. The Labute approximate surface area is 131 Å². The van der Waals surface area contributed by atoms with E-state index in [1.165, 1.54) is 0 Å². The van der Waals surface area contributed by atoms with Crippen molar-refractivity contribution < 1.29 is 14.6 Å². The van der Waals surface area contributed by atoms with Gasteiger partial charge in [-0.2, -0.15) is 0 Å². The third kappa shape index (κ3) is 2.48. The summed E-state index contributed by atoms with van der Waals surface area (Å²) in [6.07, 6.45) is 7.10. The van der Waals surface area contributed by atoms with Crippen LogP contribution in [0.15, 0.2) is 29.8 Å². The summed E-state index contributed by atoms with van der Waals surface area (Å²) < 4.78 is 12.2. The lowest BCUT2D eigenvalue weighted by molar-refractivity contribution is -0.227. The molecule has 116 valence electrons. The topological polar surface area (TPSA) is 38.7 Å². The highest BCUT2D eigenvalue weighted by atomic mass is 16.7. The molecule has 1 aromatic rings. The maximum absolute atomic E-state index is 9.13. The molecule has 1 aromatic carbocycles. The zero-order valence-electron chi connectivity index (χ0n) is 13.2. The van der Waals surface area contributed by atoms with Gasteiger partial charge in [0.1, 0.15) is 0 Å². The van der Waals surface area contributed by atoms with Crippen LogP contribution in [0.25, 0.3) is 5.57 Å². The van der Waals surface area contributed by atoms with Gasteiger partial charge in [0.05, 0.1) is 13.2 Å². The fourth-order valence-corrected chi connectivity index (χ4v) is 3.00. The van der Waals surface area contributed by atoms with E-state index in [0.29, 0.717) is 19.6 Å². The van der Waals surface area contributed by atoms with Crippen molar-refractivity contribution in [1.82, 2.24) is 0 Å². The number of terminal acetylenes is 1. The number of ether oxygens (including phenoxy) is 2. The van der Waals surface area contributed by atoms with Crippen LogP contribution >= 0.6 is 0 Å². The van der Waals surface area contributed by atoms with Crippen molar-refractivity contribution in [2.24, 2.45) is 5.41 Å². The van der Waals surface area contributed by atoms with Gasteiger partial charge in [0, 0.05) is 28.7 Å². The van der Waals surface area contributed by atoms with Gasteiger partial charge in [-0.1, -0.05) is 38.0 Å². The summed E-state index contributed by atoms with van der Waals surface area (Å²) in [6.45, 7) is 5.72. The predicted octanol–water partition coefficient (Wildman–Crippen LogP) is 2.98. The molecule has 1 heterocycles. The van der Waals surface area contributed by atoms with Crippen molar-refractivity contribution in [1.29, 1.82) is 0 Å². The molecule has 0 unspecified atom stereocenters. The van der Waals surface area contributed by atoms with Gasteiger partial charge >= 0.3 is 0 Å². The number of rotatable bonds is 4. The third-order valence-electron chi connectivity index (χ3n) is 4.23. The van der Waals surface area contributed by atoms with Crippen molar-refractivity contribution in [3.63, 3.8) is 0 Å². The van der Waals surface area contributed by atoms with Crippen LogP contribution in [0.3, 0.4) is 0 Å². The van der Waals surface area contributed by atoms with Gasteiger partial charge in [0.2, 0.25) is 5.79 Å². The Kier molecular flexibility index (Phi) is 3.86. The van der Waals surface area contributed by atoms with E-state index in [1.54, 1.807) is 0 Å². The van der Waals surface area contributed by atoms with Crippen molar-refractivity contribution in [2.75, 3.05) is 19.8 Å². The summed E-state index contributed by atoms with van der Waals surface area (Å²) in [5, 5.41) is 9.13. The average molecular weight is 298 g/mol. The van der Waals surface area contributed by atoms with Crippen LogP contribution in [0.4, 0.5) is 0 Å². The second kappa shape index (κ2) is 5.55. The highest BCUT2D eigenvalue weighted by Gasteiger charge is 2.59. The van der Waals surface area contributed by atoms with Crippen LogP contribution in [0.5, 0.6) is 0 Å². The Bertz CT molecular complexity index is 639. The molecule has 0 saturated carbocycles. The molecule has 1 aliphatic heterocycles. The van der Waals surface area contributed by atoms with E-state index >= 15 is 0 Å². The fourth-order valence-electron chi connectivity index (χ4n) is 3.00. The van der Waals surface area contributed by atoms with Gasteiger partial charge in [0.15, 0.2) is 0 Å². The predicted molar refractivity (Wildman–Crippen MR) is 86.0 cm³/mol. The van der Waals surface area contributed by atoms with Gasteiger partial charge < -0.3 is 14.6 Å². The first-order chi connectivity index (χ1) is 10.5. The minimum absolute atomic E-state index is 0.0205. The lowest BCUT2D eigenvalue weighted by Crippen LogP contribution is -2.41. The first-order valence-electron chi connectivity index (χ1n) is 7.73. The average Bonchev–Trinajstić information content (AvgIpc) is 3.15. The number of aliphatic hydroxyl groups is 1. The van der Waals surface area contributed by atoms with E-state index in [0.717, 1.165) is 28.7 Å². The molecular formula is C19H22O3. The zero-order valence-corrected chi connectivity index (χ0v) is 13.2. The monoisotopic (exact) mass is 298 g/mol. The highest BCUT2D eigenvalue weighted by molar-refractivity contribution is 5.93. The summed E-state index contributed by atoms with van der Waals surface area (Å²) in [4.78, 5) is 0. The standard InChI is InChI=1S/C19H22O3/c1-4-14-8-5-6-9-15(14)17-16(10-7-11-20)19(17)21-12-18(2,3)13-22-19/h1,5-6,8-9,20H,7,10-13H2,2-3H3. The summed E-state index contributed by atoms with van der Waals surface area (Å²) in [5.41, 5.74) is 4.07. The molecule has 1 fully saturated rings. The van der Waals surface area contributed by atoms with Crippen LogP contribution in [0.1, 0.15) is 37.8 Å². The molecule has 3 nitrogen and oxygen atoms in total. The molecule has 3 heteroatoms. The summed E-state index contributed by atoms with van der Waals surface area (Å²) in [5.74, 6) is 2.03. The van der Waals surface area contributed by atoms with E-state index in [1.807, 2.05) is 24.3 Å². The van der Waals surface area contributed by atoms with Crippen molar-refractivity contribution in [3.05, 3.63) is 41.0 Å². The largest absolute Gasteiger partial charge is 0.396 e. The van der Waals surface area contributed by atoms with Gasteiger partial charge in [0.25, 0.3) is 0 Å². The van der Waals surface area contributed by atoms with Gasteiger partial charge in [-0.15, -0.1) is 6.42 Å². The highest BCUT2D eigenvalue weighted by Crippen LogP contribution is 2.59. The Hall–Kier alpha value is -1.60. The molecule has 0 atom stereocenters. The van der Waals surface area contributed by atoms with E-state index in [4.69, 9.17) is 21.0 Å². The van der Waals surface area contributed by atoms with Crippen molar-refractivity contribution >= 4 is 5.57 Å². The van der Waals surface area contributed by atoms with E-state index in [-0.39, 0.29) is 12.0 Å². The lowest BCUT2D eigenvalue weighted by atomic mass is 9.95. The maximum Gasteiger partial charge on any atom is 0.219 e. The first kappa shape index (κ1) is 15.3. The molecule has 1 N–H and O–H groups in total. The van der Waals surface area contributed by atoms with E-state index in [9.17, 15) is 0 Å². The molecular weight excluding hydrogens is 276 g/mol. The van der Waals surface area contributed by atoms with Crippen LogP contribution in [0.2, 0.25) is 0 Å². The Balaban J connectivity index is 1.92. The van der Waals surface area contributed by atoms with Crippen molar-refractivity contribution in [3.8, 4) is 12.3 Å². The smallest absolute Gasteiger partial charge is 0.219 e. The first-order valence-corrected chi connectivity index (χ1v) is 7.73. The molecule has 3 rings (SSSR count). The number of hydrogen-bond acceptors (Lipinski definition) is 3. The van der Waals surface area contributed by atoms with E-state index in [2.05, 4.69) is 19.8 Å². The molecule has 1 aliphatic carbocycles. The fraction of sp³-hybridized carbons (Fsp3) is 0.474. The number of benzene rings is 1. The summed E-state index contributed by atoms with van der Waals surface area (Å²) >= 11 is 0. The third-order valence-corrected chi connectivity index (χ3v) is 4.23. The summed E-state index contributed by atoms with van der Waals surface area (Å²) in [6, 6.07) is 7.87. The molecule has 0 radical (unpaired) electrons. The molecule has 22 heavy (non-hydrogen) atoms. The minimum atomic E-state index is -0.711. The van der Waals surface area contributed by atoms with Crippen LogP contribution < -0.4 is 0 Å². The number of aliphatic hydroxyl groups excluding tert-OH is 1. The van der Waals surface area contributed by atoms with Crippen LogP contribution in [-0.4, -0.2) is 30.7 Å². The van der Waals surface area contributed by atoms with Crippen LogP contribution in [0, 0.1) is 17.8 Å². The van der Waals surface area contributed by atoms with Gasteiger partial charge in [-0.3, -0.25) is 0 Å². The maximum atomic E-state index is 9.13. The second-order valence-corrected chi connectivity index (χ2v) is 6.73. The van der Waals surface area contributed by atoms with E-state index < -0.39 is 5.79 Å². The zero-order chi connectivity index (χ0) is 15.8. The second-order valence-electron chi connectivity index (χ2n) is 6.73. The Morgan fingerprint density at radius 1 is 1.23 bits per heavy atom. The number of hydrogen-bond donors (Lipinski definition) is 1. The quantitative estimate of drug-likeness (QED) is 0.869. The summed E-state index contributed by atoms with van der Waals surface area (Å²) in [7, 11) is 0. The Morgan fingerprint density at radius 2 is 1.91 bits per heavy atom. The lowest BCUT2D eigenvalue weighted by Gasteiger charge is -2.37. The molecule has 0 amide bonds. The normalized spacial score (nSPS) is 21.7. The van der Waals surface area contributed by atoms with Crippen LogP contribution in [-0.2, 0) is 9.47 Å². The molecule has 1 spiro atoms. The molecule has 2 aliphatic rings. The minimum Gasteiger partial charge on any atom is -0.396 e.